The summed E-state index contributed by atoms with van der Waals surface area (Å²) < 4.78 is 32.3. The molecule has 0 heterocycles. The highest BCUT2D eigenvalue weighted by molar-refractivity contribution is 7.89. The summed E-state index contributed by atoms with van der Waals surface area (Å²) in [5.74, 6) is 0.0268. The van der Waals surface area contributed by atoms with E-state index in [1.807, 2.05) is 13.0 Å². The normalized spacial score (nSPS) is 11.7. The first kappa shape index (κ1) is 22.2. The Morgan fingerprint density at radius 1 is 1.21 bits per heavy atom. The summed E-state index contributed by atoms with van der Waals surface area (Å²) in [4.78, 5) is 12.8. The van der Waals surface area contributed by atoms with Gasteiger partial charge in [-0.25, -0.2) is 8.42 Å². The number of sulfonamides is 1. The maximum atomic E-state index is 12.8. The Kier molecular flexibility index (Phi) is 7.46. The molecule has 0 aliphatic rings. The van der Waals surface area contributed by atoms with Crippen LogP contribution in [0.4, 0.5) is 5.69 Å². The Morgan fingerprint density at radius 2 is 1.89 bits per heavy atom. The number of amides is 1. The van der Waals surface area contributed by atoms with Crippen LogP contribution < -0.4 is 10.1 Å². The highest BCUT2D eigenvalue weighted by Gasteiger charge is 2.25. The van der Waals surface area contributed by atoms with E-state index >= 15 is 0 Å². The second kappa shape index (κ2) is 9.41. The molecule has 0 aliphatic heterocycles. The van der Waals surface area contributed by atoms with Crippen molar-refractivity contribution < 1.29 is 17.9 Å². The number of hydrogen-bond donors (Lipinski definition) is 1. The zero-order valence-corrected chi connectivity index (χ0v) is 18.0. The van der Waals surface area contributed by atoms with E-state index in [0.29, 0.717) is 18.0 Å². The lowest BCUT2D eigenvalue weighted by molar-refractivity contribution is 0.102. The number of carbonyl (C=O) groups is 1. The molecule has 0 spiro atoms. The van der Waals surface area contributed by atoms with Gasteiger partial charge in [0.2, 0.25) is 10.0 Å². The molecule has 0 fully saturated rings. The number of halogens is 1. The van der Waals surface area contributed by atoms with Gasteiger partial charge in [-0.2, -0.15) is 4.31 Å². The lowest BCUT2D eigenvalue weighted by atomic mass is 10.2. The Morgan fingerprint density at radius 3 is 2.54 bits per heavy atom. The van der Waals surface area contributed by atoms with Crippen LogP contribution in [0.5, 0.6) is 5.75 Å². The minimum absolute atomic E-state index is 0.00812. The number of nitrogens with one attached hydrogen (secondary N) is 1. The van der Waals surface area contributed by atoms with Crippen molar-refractivity contribution in [2.45, 2.75) is 38.1 Å². The molecule has 0 aromatic heterocycles. The molecule has 2 aromatic rings. The highest BCUT2D eigenvalue weighted by atomic mass is 35.5. The Bertz CT molecular complexity index is 945. The van der Waals surface area contributed by atoms with Gasteiger partial charge in [0.1, 0.15) is 5.75 Å². The van der Waals surface area contributed by atoms with Crippen LogP contribution in [0.1, 0.15) is 37.6 Å². The third-order valence-electron chi connectivity index (χ3n) is 4.18. The fourth-order valence-corrected chi connectivity index (χ4v) is 3.98. The minimum Gasteiger partial charge on any atom is -0.491 e. The van der Waals surface area contributed by atoms with Gasteiger partial charge in [0, 0.05) is 13.1 Å². The van der Waals surface area contributed by atoms with Crippen molar-refractivity contribution in [3.05, 3.63) is 53.1 Å². The van der Waals surface area contributed by atoms with Crippen LogP contribution in [-0.2, 0) is 10.0 Å². The topological polar surface area (TPSA) is 75.7 Å². The largest absolute Gasteiger partial charge is 0.491 e. The maximum Gasteiger partial charge on any atom is 0.257 e. The number of rotatable bonds is 8. The maximum absolute atomic E-state index is 12.8. The SMILES string of the molecule is CCCOc1ccccc1NC(=O)c1cc(S(=O)(=O)N(C)C(C)C)ccc1Cl. The lowest BCUT2D eigenvalue weighted by Gasteiger charge is -2.21. The van der Waals surface area contributed by atoms with Gasteiger partial charge in [-0.1, -0.05) is 30.7 Å². The monoisotopic (exact) mass is 424 g/mol. The summed E-state index contributed by atoms with van der Waals surface area (Å²) in [5.41, 5.74) is 0.565. The smallest absolute Gasteiger partial charge is 0.257 e. The van der Waals surface area contributed by atoms with Gasteiger partial charge in [0.15, 0.2) is 0 Å². The average molecular weight is 425 g/mol. The molecule has 2 rings (SSSR count). The van der Waals surface area contributed by atoms with Gasteiger partial charge in [0.25, 0.3) is 5.91 Å². The lowest BCUT2D eigenvalue weighted by Crippen LogP contribution is -2.33. The third kappa shape index (κ3) is 5.04. The first-order valence-electron chi connectivity index (χ1n) is 8.99. The fraction of sp³-hybridized carbons (Fsp3) is 0.350. The van der Waals surface area contributed by atoms with E-state index < -0.39 is 15.9 Å². The van der Waals surface area contributed by atoms with Crippen LogP contribution in [0.2, 0.25) is 5.02 Å². The van der Waals surface area contributed by atoms with Crippen LogP contribution in [0, 0.1) is 0 Å². The molecular formula is C20H25ClN2O4S. The predicted molar refractivity (Wildman–Crippen MR) is 112 cm³/mol. The van der Waals surface area contributed by atoms with Crippen molar-refractivity contribution in [2.24, 2.45) is 0 Å². The molecule has 1 amide bonds. The third-order valence-corrected chi connectivity index (χ3v) is 6.54. The van der Waals surface area contributed by atoms with Crippen molar-refractivity contribution in [3.63, 3.8) is 0 Å². The van der Waals surface area contributed by atoms with E-state index in [-0.39, 0.29) is 21.5 Å². The molecule has 152 valence electrons. The van der Waals surface area contributed by atoms with Crippen LogP contribution >= 0.6 is 11.6 Å². The summed E-state index contributed by atoms with van der Waals surface area (Å²) in [6.07, 6.45) is 0.831. The summed E-state index contributed by atoms with van der Waals surface area (Å²) >= 11 is 6.17. The molecule has 0 unspecified atom stereocenters. The van der Waals surface area contributed by atoms with Gasteiger partial charge < -0.3 is 10.1 Å². The second-order valence-electron chi connectivity index (χ2n) is 6.56. The summed E-state index contributed by atoms with van der Waals surface area (Å²) in [6, 6.07) is 10.9. The zero-order chi connectivity index (χ0) is 20.9. The van der Waals surface area contributed by atoms with E-state index in [9.17, 15) is 13.2 Å². The van der Waals surface area contributed by atoms with Crippen LogP contribution in [-0.4, -0.2) is 38.3 Å². The van der Waals surface area contributed by atoms with E-state index in [0.717, 1.165) is 6.42 Å². The Hall–Kier alpha value is -2.09. The minimum atomic E-state index is -3.73. The summed E-state index contributed by atoms with van der Waals surface area (Å²) in [6.45, 7) is 6.05. The van der Waals surface area contributed by atoms with E-state index in [1.54, 1.807) is 32.0 Å². The summed E-state index contributed by atoms with van der Waals surface area (Å²) in [7, 11) is -2.24. The Labute approximate surface area is 171 Å². The van der Waals surface area contributed by atoms with E-state index in [4.69, 9.17) is 16.3 Å². The van der Waals surface area contributed by atoms with Crippen molar-refractivity contribution in [3.8, 4) is 5.75 Å². The van der Waals surface area contributed by atoms with Crippen molar-refractivity contribution in [2.75, 3.05) is 19.0 Å². The molecular weight excluding hydrogens is 400 g/mol. The standard InChI is InChI=1S/C20H25ClN2O4S/c1-5-12-27-19-9-7-6-8-18(19)22-20(24)16-13-15(10-11-17(16)21)28(25,26)23(4)14(2)3/h6-11,13-14H,5,12H2,1-4H3,(H,22,24). The van der Waals surface area contributed by atoms with Gasteiger partial charge >= 0.3 is 0 Å². The van der Waals surface area contributed by atoms with Crippen LogP contribution in [0.25, 0.3) is 0 Å². The number of hydrogen-bond acceptors (Lipinski definition) is 4. The number of ether oxygens (including phenoxy) is 1. The fourth-order valence-electron chi connectivity index (χ4n) is 2.38. The van der Waals surface area contributed by atoms with Gasteiger partial charge in [-0.05, 0) is 50.6 Å². The molecule has 1 N–H and O–H groups in total. The molecule has 28 heavy (non-hydrogen) atoms. The van der Waals surface area contributed by atoms with E-state index in [2.05, 4.69) is 5.32 Å². The molecule has 6 nitrogen and oxygen atoms in total. The first-order chi connectivity index (χ1) is 13.2. The number of carbonyl (C=O) groups excluding carboxylic acids is 1. The Balaban J connectivity index is 2.35. The molecule has 0 bridgehead atoms. The molecule has 0 radical (unpaired) electrons. The van der Waals surface area contributed by atoms with Gasteiger partial charge in [0.05, 0.1) is 27.8 Å². The van der Waals surface area contributed by atoms with Crippen LogP contribution in [0.15, 0.2) is 47.4 Å². The quantitative estimate of drug-likeness (QED) is 0.681. The number of nitrogens with zero attached hydrogens (tertiary/aromatic N) is 1. The predicted octanol–water partition coefficient (Wildman–Crippen LogP) is 4.41. The number of anilines is 1. The van der Waals surface area contributed by atoms with Crippen LogP contribution in [0.3, 0.4) is 0 Å². The molecule has 8 heteroatoms. The van der Waals surface area contributed by atoms with Gasteiger partial charge in [-0.15, -0.1) is 0 Å². The number of para-hydroxylation sites is 2. The van der Waals surface area contributed by atoms with Crippen molar-refractivity contribution >= 4 is 33.2 Å². The second-order valence-corrected chi connectivity index (χ2v) is 8.96. The zero-order valence-electron chi connectivity index (χ0n) is 16.4. The average Bonchev–Trinajstić information content (AvgIpc) is 2.66. The first-order valence-corrected chi connectivity index (χ1v) is 10.8. The molecule has 0 saturated heterocycles. The molecule has 0 saturated carbocycles. The molecule has 0 aliphatic carbocycles. The summed E-state index contributed by atoms with van der Waals surface area (Å²) in [5, 5.41) is 2.91. The van der Waals surface area contributed by atoms with Crippen molar-refractivity contribution in [1.82, 2.24) is 4.31 Å². The van der Waals surface area contributed by atoms with Gasteiger partial charge in [-0.3, -0.25) is 4.79 Å². The molecule has 2 aromatic carbocycles. The van der Waals surface area contributed by atoms with Crippen molar-refractivity contribution in [1.29, 1.82) is 0 Å². The van der Waals surface area contributed by atoms with E-state index in [1.165, 1.54) is 29.6 Å². The highest BCUT2D eigenvalue weighted by Crippen LogP contribution is 2.27. The molecule has 0 atom stereocenters. The number of benzene rings is 2.